The second-order valence-electron chi connectivity index (χ2n) is 1.24. The third kappa shape index (κ3) is 209. The van der Waals surface area contributed by atoms with Crippen LogP contribution in [0.15, 0.2) is 0 Å². The Hall–Kier alpha value is -0.200. The molecule has 0 radical (unpaired) electrons. The fourth-order valence-electron chi connectivity index (χ4n) is 0. The minimum absolute atomic E-state index is 0.500. The molecule has 0 aliphatic carbocycles. The van der Waals surface area contributed by atoms with Crippen LogP contribution in [0.4, 0.5) is 0 Å². The van der Waals surface area contributed by atoms with Gasteiger partial charge in [0.2, 0.25) is 0 Å². The van der Waals surface area contributed by atoms with Gasteiger partial charge in [-0.1, -0.05) is 6.92 Å². The molecular weight excluding hydrogens is 106 g/mol. The van der Waals surface area contributed by atoms with Gasteiger partial charge in [-0.2, -0.15) is 0 Å². The molecule has 0 unspecified atom stereocenters. The second-order valence-corrected chi connectivity index (χ2v) is 1.24. The van der Waals surface area contributed by atoms with Gasteiger partial charge in [0.15, 0.2) is 0 Å². The van der Waals surface area contributed by atoms with Crippen LogP contribution < -0.4 is 23.3 Å². The Morgan fingerprint density at radius 1 is 1.25 bits per heavy atom. The minimum Gasteiger partial charge on any atom is -0.330 e. The van der Waals surface area contributed by atoms with Gasteiger partial charge in [0.05, 0.1) is 0 Å². The highest BCUT2D eigenvalue weighted by Gasteiger charge is 1.56. The molecule has 5 nitrogen and oxygen atoms in total. The molecule has 0 spiro atoms. The Labute approximate surface area is 49.5 Å². The zero-order valence-electron chi connectivity index (χ0n) is 5.17. The summed E-state index contributed by atoms with van der Waals surface area (Å²) in [6.45, 7) is 2.88. The first-order chi connectivity index (χ1) is 3.65. The van der Waals surface area contributed by atoms with E-state index in [9.17, 15) is 0 Å². The number of rotatable bonds is 1. The van der Waals surface area contributed by atoms with Crippen molar-refractivity contribution in [3.05, 3.63) is 0 Å². The zero-order valence-corrected chi connectivity index (χ0v) is 5.17. The SMILES string of the molecule is CCCN.NN(N)N. The Morgan fingerprint density at radius 3 is 1.38 bits per heavy atom. The topological polar surface area (TPSA) is 107 Å². The second kappa shape index (κ2) is 9.93. The van der Waals surface area contributed by atoms with Crippen molar-refractivity contribution in [2.75, 3.05) is 6.54 Å². The van der Waals surface area contributed by atoms with Gasteiger partial charge < -0.3 is 5.73 Å². The van der Waals surface area contributed by atoms with E-state index >= 15 is 0 Å². The van der Waals surface area contributed by atoms with Crippen LogP contribution in [0.2, 0.25) is 0 Å². The molecular formula is C3H15N5. The van der Waals surface area contributed by atoms with Gasteiger partial charge in [0, 0.05) is 0 Å². The van der Waals surface area contributed by atoms with Crippen molar-refractivity contribution in [3.8, 4) is 0 Å². The lowest BCUT2D eigenvalue weighted by atomic mass is 10.5. The molecule has 0 fully saturated rings. The molecule has 0 amide bonds. The van der Waals surface area contributed by atoms with Crippen LogP contribution in [0.1, 0.15) is 13.3 Å². The summed E-state index contributed by atoms with van der Waals surface area (Å²) in [5.74, 6) is 13.5. The van der Waals surface area contributed by atoms with Crippen molar-refractivity contribution in [2.24, 2.45) is 23.3 Å². The van der Waals surface area contributed by atoms with E-state index in [0.29, 0.717) is 5.23 Å². The largest absolute Gasteiger partial charge is 0.330 e. The maximum absolute atomic E-state index is 5.03. The average Bonchev–Trinajstić information content (AvgIpc) is 1.65. The third-order valence-corrected chi connectivity index (χ3v) is 0.289. The lowest BCUT2D eigenvalue weighted by Crippen LogP contribution is -2.43. The number of nitrogens with zero attached hydrogens (tertiary/aromatic N) is 1. The first kappa shape index (κ1) is 10.7. The standard InChI is InChI=1S/C3H9N.H6N4/c1-2-3-4;1-4(2)3/h2-4H2,1H3;1-3H2. The van der Waals surface area contributed by atoms with Crippen molar-refractivity contribution in [3.63, 3.8) is 0 Å². The van der Waals surface area contributed by atoms with E-state index in [1.165, 1.54) is 0 Å². The number of hydrogen-bond donors (Lipinski definition) is 4. The van der Waals surface area contributed by atoms with Crippen molar-refractivity contribution in [1.82, 2.24) is 5.23 Å². The number of nitrogens with two attached hydrogens (primary N) is 4. The fourth-order valence-corrected chi connectivity index (χ4v) is 0. The molecule has 0 aliphatic heterocycles. The van der Waals surface area contributed by atoms with Gasteiger partial charge in [-0.25, -0.2) is 17.5 Å². The highest BCUT2D eigenvalue weighted by Crippen LogP contribution is 1.57. The zero-order chi connectivity index (χ0) is 6.99. The highest BCUT2D eigenvalue weighted by atomic mass is 15.7. The highest BCUT2D eigenvalue weighted by molar-refractivity contribution is 4.19. The van der Waals surface area contributed by atoms with Crippen molar-refractivity contribution < 1.29 is 0 Å². The summed E-state index contributed by atoms with van der Waals surface area (Å²) < 4.78 is 0. The van der Waals surface area contributed by atoms with Crippen LogP contribution in [-0.2, 0) is 0 Å². The summed E-state index contributed by atoms with van der Waals surface area (Å²) in [6.07, 6.45) is 1.10. The molecule has 0 heterocycles. The van der Waals surface area contributed by atoms with E-state index in [1.807, 2.05) is 0 Å². The third-order valence-electron chi connectivity index (χ3n) is 0.289. The van der Waals surface area contributed by atoms with Gasteiger partial charge in [-0.3, -0.25) is 0 Å². The summed E-state index contributed by atoms with van der Waals surface area (Å²) in [5.41, 5.74) is 5.03. The van der Waals surface area contributed by atoms with Crippen LogP contribution in [-0.4, -0.2) is 11.8 Å². The first-order valence-corrected chi connectivity index (χ1v) is 2.39. The van der Waals surface area contributed by atoms with Crippen LogP contribution in [0.5, 0.6) is 0 Å². The Bertz CT molecular complexity index is 24.1. The molecule has 0 bridgehead atoms. The van der Waals surface area contributed by atoms with Crippen molar-refractivity contribution in [1.29, 1.82) is 0 Å². The van der Waals surface area contributed by atoms with Crippen molar-refractivity contribution >= 4 is 0 Å². The van der Waals surface area contributed by atoms with Crippen LogP contribution in [0.3, 0.4) is 0 Å². The molecule has 0 saturated heterocycles. The lowest BCUT2D eigenvalue weighted by Gasteiger charge is -1.91. The van der Waals surface area contributed by atoms with Gasteiger partial charge in [-0.15, -0.1) is 5.23 Å². The molecule has 8 N–H and O–H groups in total. The molecule has 0 aromatic rings. The summed E-state index contributed by atoms with van der Waals surface area (Å²) in [6, 6.07) is 0. The Kier molecular flexibility index (Phi) is 13.3. The molecule has 0 aromatic carbocycles. The monoisotopic (exact) mass is 121 g/mol. The minimum atomic E-state index is 0.500. The van der Waals surface area contributed by atoms with E-state index in [2.05, 4.69) is 24.5 Å². The fraction of sp³-hybridized carbons (Fsp3) is 1.00. The molecule has 0 atom stereocenters. The predicted octanol–water partition coefficient (Wildman–Crippen LogP) is -1.74. The Balaban J connectivity index is 0. The maximum Gasteiger partial charge on any atom is -0.00799 e. The quantitative estimate of drug-likeness (QED) is 0.243. The van der Waals surface area contributed by atoms with Gasteiger partial charge in [0.1, 0.15) is 0 Å². The number of hydrazine groups is 3. The molecule has 0 aromatic heterocycles. The van der Waals surface area contributed by atoms with Crippen LogP contribution >= 0.6 is 0 Å². The summed E-state index contributed by atoms with van der Waals surface area (Å²) in [7, 11) is 0. The van der Waals surface area contributed by atoms with Crippen molar-refractivity contribution in [2.45, 2.75) is 13.3 Å². The molecule has 0 saturated carbocycles. The van der Waals surface area contributed by atoms with Gasteiger partial charge >= 0.3 is 0 Å². The molecule has 5 heteroatoms. The van der Waals surface area contributed by atoms with E-state index in [4.69, 9.17) is 5.73 Å². The number of hydrogen-bond acceptors (Lipinski definition) is 5. The smallest absolute Gasteiger partial charge is 0.00799 e. The predicted molar refractivity (Wildman–Crippen MR) is 33.7 cm³/mol. The molecule has 0 rings (SSSR count). The lowest BCUT2D eigenvalue weighted by molar-refractivity contribution is 0.306. The van der Waals surface area contributed by atoms with E-state index < -0.39 is 0 Å². The first-order valence-electron chi connectivity index (χ1n) is 2.39. The van der Waals surface area contributed by atoms with Gasteiger partial charge in [0.25, 0.3) is 0 Å². The molecule has 8 heavy (non-hydrogen) atoms. The summed E-state index contributed by atoms with van der Waals surface area (Å²) in [4.78, 5) is 0. The maximum atomic E-state index is 5.03. The van der Waals surface area contributed by atoms with Crippen LogP contribution in [0.25, 0.3) is 0 Å². The van der Waals surface area contributed by atoms with E-state index in [1.54, 1.807) is 0 Å². The average molecular weight is 121 g/mol. The normalized spacial score (nSPS) is 8.25. The van der Waals surface area contributed by atoms with Gasteiger partial charge in [-0.05, 0) is 13.0 Å². The van der Waals surface area contributed by atoms with E-state index in [0.717, 1.165) is 13.0 Å². The molecule has 0 aliphatic rings. The van der Waals surface area contributed by atoms with E-state index in [-0.39, 0.29) is 0 Å². The molecule has 52 valence electrons. The summed E-state index contributed by atoms with van der Waals surface area (Å²) >= 11 is 0. The summed E-state index contributed by atoms with van der Waals surface area (Å²) in [5, 5.41) is 0.500. The van der Waals surface area contributed by atoms with Crippen LogP contribution in [0, 0.1) is 0 Å². The Morgan fingerprint density at radius 2 is 1.38 bits per heavy atom.